The number of methoxy groups -OCH3 is 2. The van der Waals surface area contributed by atoms with Crippen LogP contribution >= 0.6 is 0 Å². The number of carbonyl (C=O) groups is 1. The summed E-state index contributed by atoms with van der Waals surface area (Å²) in [5, 5.41) is 9.88. The number of benzene rings is 3. The number of amides is 1. The van der Waals surface area contributed by atoms with Crippen molar-refractivity contribution in [3.05, 3.63) is 92.9 Å². The van der Waals surface area contributed by atoms with Gasteiger partial charge in [0, 0.05) is 23.4 Å². The number of carbonyl (C=O) groups excluding carboxylic acids is 1. The summed E-state index contributed by atoms with van der Waals surface area (Å²) in [6.45, 7) is 2.26. The fourth-order valence-corrected chi connectivity index (χ4v) is 5.96. The molecule has 0 saturated carbocycles. The smallest absolute Gasteiger partial charge is 0.271 e. The average molecular weight is 525 g/mol. The first-order valence-corrected chi connectivity index (χ1v) is 12.7. The van der Waals surface area contributed by atoms with E-state index in [0.29, 0.717) is 29.4 Å². The van der Waals surface area contributed by atoms with E-state index in [0.717, 1.165) is 11.0 Å². The Hall–Kier alpha value is -4.38. The fraction of sp³-hybridized carbons (Fsp3) is 0.192. The van der Waals surface area contributed by atoms with Gasteiger partial charge in [0.2, 0.25) is 9.84 Å². The molecule has 11 heteroatoms. The Morgan fingerprint density at radius 1 is 1.00 bits per heavy atom. The molecule has 1 aliphatic heterocycles. The van der Waals surface area contributed by atoms with Crippen LogP contribution < -0.4 is 19.1 Å². The molecule has 0 aromatic heterocycles. The van der Waals surface area contributed by atoms with Crippen LogP contribution in [0.2, 0.25) is 0 Å². The van der Waals surface area contributed by atoms with Gasteiger partial charge in [-0.15, -0.1) is 0 Å². The highest BCUT2D eigenvalue weighted by atomic mass is 32.2. The fourth-order valence-electron chi connectivity index (χ4n) is 4.09. The van der Waals surface area contributed by atoms with Crippen molar-refractivity contribution in [2.45, 2.75) is 12.3 Å². The van der Waals surface area contributed by atoms with Gasteiger partial charge in [0.25, 0.3) is 11.6 Å². The van der Waals surface area contributed by atoms with Crippen molar-refractivity contribution in [1.82, 2.24) is 0 Å². The molecule has 37 heavy (non-hydrogen) atoms. The van der Waals surface area contributed by atoms with Crippen LogP contribution in [-0.4, -0.2) is 40.1 Å². The van der Waals surface area contributed by atoms with Crippen molar-refractivity contribution in [2.75, 3.05) is 25.7 Å². The molecule has 3 aromatic carbocycles. The third kappa shape index (κ3) is 4.85. The van der Waals surface area contributed by atoms with E-state index in [-0.39, 0.29) is 16.9 Å². The highest BCUT2D eigenvalue weighted by molar-refractivity contribution is 7.97. The summed E-state index contributed by atoms with van der Waals surface area (Å²) >= 11 is 0. The average Bonchev–Trinajstić information content (AvgIpc) is 3.09. The van der Waals surface area contributed by atoms with E-state index in [1.807, 2.05) is 6.92 Å². The normalized spacial score (nSPS) is 17.6. The molecule has 1 heterocycles. The van der Waals surface area contributed by atoms with E-state index in [1.165, 1.54) is 38.5 Å². The number of nitrogens with zero attached hydrogens (tertiary/aromatic N) is 2. The molecule has 0 radical (unpaired) electrons. The van der Waals surface area contributed by atoms with Crippen molar-refractivity contribution in [2.24, 2.45) is 0 Å². The predicted molar refractivity (Wildman–Crippen MR) is 137 cm³/mol. The van der Waals surface area contributed by atoms with E-state index in [2.05, 4.69) is 0 Å². The summed E-state index contributed by atoms with van der Waals surface area (Å²) < 4.78 is 43.8. The second kappa shape index (κ2) is 10.3. The summed E-state index contributed by atoms with van der Waals surface area (Å²) in [6, 6.07) is 16.4. The van der Waals surface area contributed by atoms with Gasteiger partial charge in [-0.2, -0.15) is 0 Å². The Bertz CT molecular complexity index is 1480. The Labute approximate surface area is 213 Å². The van der Waals surface area contributed by atoms with Crippen LogP contribution in [0.5, 0.6) is 17.2 Å². The minimum absolute atomic E-state index is 0.0810. The van der Waals surface area contributed by atoms with Gasteiger partial charge in [0.05, 0.1) is 25.7 Å². The van der Waals surface area contributed by atoms with Gasteiger partial charge in [-0.1, -0.05) is 12.1 Å². The quantitative estimate of drug-likeness (QED) is 0.239. The van der Waals surface area contributed by atoms with Gasteiger partial charge < -0.3 is 14.2 Å². The first-order chi connectivity index (χ1) is 17.7. The molecule has 0 N–H and O–H groups in total. The summed E-state index contributed by atoms with van der Waals surface area (Å²) in [4.78, 5) is 25.2. The van der Waals surface area contributed by atoms with E-state index in [9.17, 15) is 23.3 Å². The lowest BCUT2D eigenvalue weighted by Crippen LogP contribution is -2.29. The van der Waals surface area contributed by atoms with Gasteiger partial charge in [0.15, 0.2) is 5.37 Å². The van der Waals surface area contributed by atoms with Crippen molar-refractivity contribution >= 4 is 33.2 Å². The Morgan fingerprint density at radius 3 is 2.32 bits per heavy atom. The minimum Gasteiger partial charge on any atom is -0.497 e. The highest BCUT2D eigenvalue weighted by Crippen LogP contribution is 2.45. The Morgan fingerprint density at radius 2 is 1.70 bits per heavy atom. The molecular formula is C26H24N2O8S. The van der Waals surface area contributed by atoms with Gasteiger partial charge >= 0.3 is 0 Å². The molecular weight excluding hydrogens is 500 g/mol. The maximum Gasteiger partial charge on any atom is 0.271 e. The van der Waals surface area contributed by atoms with Crippen LogP contribution in [-0.2, 0) is 14.6 Å². The van der Waals surface area contributed by atoms with Gasteiger partial charge in [-0.25, -0.2) is 8.42 Å². The second-order valence-corrected chi connectivity index (χ2v) is 9.94. The molecule has 1 aliphatic rings. The monoisotopic (exact) mass is 524 g/mol. The number of rotatable bonds is 8. The number of nitro benzene ring substituents is 1. The topological polar surface area (TPSA) is 125 Å². The number of anilines is 1. The van der Waals surface area contributed by atoms with E-state index in [1.54, 1.807) is 42.5 Å². The molecule has 1 atom stereocenters. The van der Waals surface area contributed by atoms with Crippen LogP contribution in [0, 0.1) is 10.1 Å². The maximum absolute atomic E-state index is 13.9. The molecule has 0 spiro atoms. The number of ether oxygens (including phenoxy) is 3. The van der Waals surface area contributed by atoms with Crippen molar-refractivity contribution < 1.29 is 32.3 Å². The zero-order valence-corrected chi connectivity index (χ0v) is 21.1. The molecule has 1 fully saturated rings. The van der Waals surface area contributed by atoms with Crippen LogP contribution in [0.4, 0.5) is 11.4 Å². The standard InChI is InChI=1S/C26H24N2O8S/c1-4-36-21-10-8-19(9-11-21)27-25(29)24(16-18-15-22(34-2)12-13-23(18)35-3)37(32,33)26(27)17-6-5-7-20(14-17)28(30)31/h5-16,26H,4H2,1-3H3/b24-16+. The number of non-ortho nitro benzene ring substituents is 1. The van der Waals surface area contributed by atoms with Gasteiger partial charge in [-0.3, -0.25) is 19.8 Å². The van der Waals surface area contributed by atoms with Crippen molar-refractivity contribution in [3.63, 3.8) is 0 Å². The predicted octanol–water partition coefficient (Wildman–Crippen LogP) is 4.51. The van der Waals surface area contributed by atoms with Gasteiger partial charge in [-0.05, 0) is 61.0 Å². The summed E-state index contributed by atoms with van der Waals surface area (Å²) in [6.07, 6.45) is 1.23. The zero-order chi connectivity index (χ0) is 26.7. The lowest BCUT2D eigenvalue weighted by Gasteiger charge is -2.23. The number of sulfone groups is 1. The van der Waals surface area contributed by atoms with Crippen molar-refractivity contribution in [1.29, 1.82) is 0 Å². The zero-order valence-electron chi connectivity index (χ0n) is 20.3. The van der Waals surface area contributed by atoms with Gasteiger partial charge in [0.1, 0.15) is 22.2 Å². The van der Waals surface area contributed by atoms with Crippen molar-refractivity contribution in [3.8, 4) is 17.2 Å². The van der Waals surface area contributed by atoms with Crippen LogP contribution in [0.25, 0.3) is 6.08 Å². The molecule has 1 saturated heterocycles. The molecule has 0 bridgehead atoms. The SMILES string of the molecule is CCOc1ccc(N2C(=O)/C(=C\c3cc(OC)ccc3OC)S(=O)(=O)C2c2cccc([N+](=O)[O-])c2)cc1. The summed E-state index contributed by atoms with van der Waals surface area (Å²) in [7, 11) is -1.46. The summed E-state index contributed by atoms with van der Waals surface area (Å²) in [5.41, 5.74) is 0.394. The van der Waals surface area contributed by atoms with Crippen LogP contribution in [0.1, 0.15) is 23.4 Å². The van der Waals surface area contributed by atoms with E-state index >= 15 is 0 Å². The Balaban J connectivity index is 1.93. The molecule has 1 amide bonds. The van der Waals surface area contributed by atoms with Crippen LogP contribution in [0.3, 0.4) is 0 Å². The minimum atomic E-state index is -4.35. The maximum atomic E-state index is 13.9. The Kier molecular flexibility index (Phi) is 7.16. The largest absolute Gasteiger partial charge is 0.497 e. The third-order valence-electron chi connectivity index (χ3n) is 5.78. The number of hydrogen-bond donors (Lipinski definition) is 0. The third-order valence-corrected chi connectivity index (χ3v) is 7.76. The summed E-state index contributed by atoms with van der Waals surface area (Å²) in [5.74, 6) is 0.534. The molecule has 0 aliphatic carbocycles. The number of hydrogen-bond acceptors (Lipinski definition) is 8. The first-order valence-electron chi connectivity index (χ1n) is 11.2. The van der Waals surface area contributed by atoms with E-state index in [4.69, 9.17) is 14.2 Å². The van der Waals surface area contributed by atoms with E-state index < -0.39 is 30.9 Å². The lowest BCUT2D eigenvalue weighted by molar-refractivity contribution is -0.384. The number of nitro groups is 1. The highest BCUT2D eigenvalue weighted by Gasteiger charge is 2.50. The molecule has 3 aromatic rings. The molecule has 192 valence electrons. The lowest BCUT2D eigenvalue weighted by atomic mass is 10.1. The first kappa shape index (κ1) is 25.7. The second-order valence-electron chi connectivity index (χ2n) is 7.97. The molecule has 1 unspecified atom stereocenters. The molecule has 10 nitrogen and oxygen atoms in total. The van der Waals surface area contributed by atoms with Crippen LogP contribution in [0.15, 0.2) is 71.6 Å². The molecule has 4 rings (SSSR count).